The lowest BCUT2D eigenvalue weighted by molar-refractivity contribution is -0.167. The lowest BCUT2D eigenvalue weighted by Gasteiger charge is -2.45. The standard InChI is InChI=1S/C21H30F2N4O2.C2H2O4/c1-25(13-15-2-3-15)14-17-12-24-19-20(29-9-8-27(17)19)4-6-26(7-5-20)18(28)16-10-21(22,23)11-16;3-1(4)2(5)6/h12,15-16H,2-11,13-14H2,1H3;(H,3,4)(H,5,6). The fraction of sp³-hybridized carbons (Fsp3) is 0.739. The Morgan fingerprint density at radius 2 is 1.77 bits per heavy atom. The fourth-order valence-corrected chi connectivity index (χ4v) is 5.18. The molecule has 2 N–H and O–H groups in total. The molecule has 1 amide bonds. The van der Waals surface area contributed by atoms with Gasteiger partial charge in [0.25, 0.3) is 0 Å². The summed E-state index contributed by atoms with van der Waals surface area (Å²) >= 11 is 0. The number of amides is 1. The number of halogens is 2. The maximum Gasteiger partial charge on any atom is 0.414 e. The molecule has 10 nitrogen and oxygen atoms in total. The zero-order valence-corrected chi connectivity index (χ0v) is 19.8. The Morgan fingerprint density at radius 1 is 1.14 bits per heavy atom. The van der Waals surface area contributed by atoms with E-state index in [4.69, 9.17) is 29.5 Å². The minimum Gasteiger partial charge on any atom is -0.473 e. The van der Waals surface area contributed by atoms with Crippen molar-refractivity contribution in [2.45, 2.75) is 63.1 Å². The molecule has 1 aromatic rings. The van der Waals surface area contributed by atoms with Crippen LogP contribution in [0, 0.1) is 11.8 Å². The number of carboxylic acids is 2. The van der Waals surface area contributed by atoms with Gasteiger partial charge in [-0.05, 0) is 25.8 Å². The van der Waals surface area contributed by atoms with Crippen LogP contribution in [-0.4, -0.2) is 86.6 Å². The Kier molecular flexibility index (Phi) is 7.14. The molecule has 35 heavy (non-hydrogen) atoms. The minimum atomic E-state index is -2.66. The third-order valence-corrected chi connectivity index (χ3v) is 7.24. The molecule has 4 aliphatic rings. The number of alkyl halides is 2. The van der Waals surface area contributed by atoms with Crippen molar-refractivity contribution >= 4 is 17.8 Å². The molecule has 1 spiro atoms. The van der Waals surface area contributed by atoms with E-state index in [2.05, 4.69) is 16.5 Å². The molecule has 0 unspecified atom stereocenters. The van der Waals surface area contributed by atoms with Crippen molar-refractivity contribution in [3.8, 4) is 0 Å². The number of aromatic nitrogens is 2. The number of ether oxygens (including phenoxy) is 1. The Bertz CT molecular complexity index is 951. The lowest BCUT2D eigenvalue weighted by Crippen LogP contribution is -2.53. The summed E-state index contributed by atoms with van der Waals surface area (Å²) < 4.78 is 34.8. The number of likely N-dealkylation sites (tertiary alicyclic amines) is 1. The number of aliphatic carboxylic acids is 2. The van der Waals surface area contributed by atoms with Gasteiger partial charge in [0, 0.05) is 70.5 Å². The molecule has 0 radical (unpaired) electrons. The molecule has 0 atom stereocenters. The number of fused-ring (bicyclic) bond motifs is 2. The number of hydrogen-bond donors (Lipinski definition) is 2. The van der Waals surface area contributed by atoms with Gasteiger partial charge in [0.05, 0.1) is 12.3 Å². The molecule has 0 aromatic carbocycles. The molecule has 2 aliphatic heterocycles. The summed E-state index contributed by atoms with van der Waals surface area (Å²) in [6.07, 6.45) is 5.42. The Balaban J connectivity index is 0.000000431. The summed E-state index contributed by atoms with van der Waals surface area (Å²) in [6, 6.07) is 0. The van der Waals surface area contributed by atoms with Crippen LogP contribution in [0.15, 0.2) is 6.20 Å². The van der Waals surface area contributed by atoms with E-state index in [9.17, 15) is 13.6 Å². The van der Waals surface area contributed by atoms with Crippen LogP contribution in [0.2, 0.25) is 0 Å². The Labute approximate surface area is 201 Å². The van der Waals surface area contributed by atoms with Gasteiger partial charge in [0.1, 0.15) is 11.4 Å². The zero-order valence-electron chi connectivity index (χ0n) is 19.8. The molecule has 12 heteroatoms. The molecule has 194 valence electrons. The highest BCUT2D eigenvalue weighted by molar-refractivity contribution is 6.27. The number of hydrogen-bond acceptors (Lipinski definition) is 6. The van der Waals surface area contributed by atoms with Crippen LogP contribution < -0.4 is 0 Å². The van der Waals surface area contributed by atoms with Gasteiger partial charge in [-0.3, -0.25) is 4.79 Å². The first-order valence-electron chi connectivity index (χ1n) is 12.0. The van der Waals surface area contributed by atoms with Crippen LogP contribution in [0.5, 0.6) is 0 Å². The molecule has 2 aliphatic carbocycles. The van der Waals surface area contributed by atoms with Gasteiger partial charge in [-0.1, -0.05) is 0 Å². The predicted molar refractivity (Wildman–Crippen MR) is 118 cm³/mol. The van der Waals surface area contributed by atoms with E-state index in [0.29, 0.717) is 32.5 Å². The normalized spacial score (nSPS) is 22.7. The molecule has 3 heterocycles. The minimum absolute atomic E-state index is 0.118. The van der Waals surface area contributed by atoms with Gasteiger partial charge >= 0.3 is 11.9 Å². The Morgan fingerprint density at radius 3 is 2.31 bits per heavy atom. The fourth-order valence-electron chi connectivity index (χ4n) is 5.18. The predicted octanol–water partition coefficient (Wildman–Crippen LogP) is 1.77. The number of carbonyl (C=O) groups is 3. The smallest absolute Gasteiger partial charge is 0.414 e. The molecule has 1 aromatic heterocycles. The van der Waals surface area contributed by atoms with E-state index in [1.165, 1.54) is 18.5 Å². The van der Waals surface area contributed by atoms with E-state index in [-0.39, 0.29) is 18.7 Å². The van der Waals surface area contributed by atoms with Gasteiger partial charge < -0.3 is 29.3 Å². The molecule has 5 rings (SSSR count). The van der Waals surface area contributed by atoms with Crippen LogP contribution in [0.4, 0.5) is 8.78 Å². The second-order valence-corrected chi connectivity index (χ2v) is 10.1. The zero-order chi connectivity index (χ0) is 25.4. The number of carboxylic acid groups (broad SMARTS) is 2. The van der Waals surface area contributed by atoms with Crippen LogP contribution in [0.3, 0.4) is 0 Å². The van der Waals surface area contributed by atoms with Crippen LogP contribution in [-0.2, 0) is 37.8 Å². The topological polar surface area (TPSA) is 125 Å². The summed E-state index contributed by atoms with van der Waals surface area (Å²) in [4.78, 5) is 39.6. The highest BCUT2D eigenvalue weighted by atomic mass is 19.3. The van der Waals surface area contributed by atoms with Crippen molar-refractivity contribution in [1.29, 1.82) is 0 Å². The number of nitrogens with zero attached hydrogens (tertiary/aromatic N) is 4. The molecular formula is C23H32F2N4O6. The average molecular weight is 499 g/mol. The van der Waals surface area contributed by atoms with E-state index < -0.39 is 29.4 Å². The highest BCUT2D eigenvalue weighted by Crippen LogP contribution is 2.45. The SMILES string of the molecule is CN(Cc1cnc2n1CCOC21CCN(C(=O)C2CC(F)(F)C2)CC1)CC1CC1.O=C(O)C(=O)O. The molecule has 3 fully saturated rings. The van der Waals surface area contributed by atoms with Crippen molar-refractivity contribution in [3.05, 3.63) is 17.7 Å². The molecule has 2 saturated carbocycles. The van der Waals surface area contributed by atoms with Gasteiger partial charge in [0.2, 0.25) is 11.8 Å². The van der Waals surface area contributed by atoms with E-state index in [0.717, 1.165) is 31.4 Å². The highest BCUT2D eigenvalue weighted by Gasteiger charge is 2.51. The van der Waals surface area contributed by atoms with Gasteiger partial charge in [-0.2, -0.15) is 0 Å². The van der Waals surface area contributed by atoms with E-state index >= 15 is 0 Å². The lowest BCUT2D eigenvalue weighted by atomic mass is 9.79. The third-order valence-electron chi connectivity index (χ3n) is 7.24. The van der Waals surface area contributed by atoms with Gasteiger partial charge in [0.15, 0.2) is 0 Å². The van der Waals surface area contributed by atoms with Crippen LogP contribution >= 0.6 is 0 Å². The van der Waals surface area contributed by atoms with Crippen molar-refractivity contribution in [1.82, 2.24) is 19.4 Å². The largest absolute Gasteiger partial charge is 0.473 e. The number of piperidine rings is 1. The summed E-state index contributed by atoms with van der Waals surface area (Å²) in [5.74, 6) is -5.10. The van der Waals surface area contributed by atoms with E-state index in [1.807, 2.05) is 6.20 Å². The molecule has 0 bridgehead atoms. The first kappa shape index (κ1) is 25.5. The van der Waals surface area contributed by atoms with Crippen molar-refractivity contribution in [2.24, 2.45) is 11.8 Å². The average Bonchev–Trinajstić information content (AvgIpc) is 3.50. The number of imidazole rings is 1. The van der Waals surface area contributed by atoms with Gasteiger partial charge in [-0.25, -0.2) is 23.4 Å². The number of rotatable bonds is 5. The van der Waals surface area contributed by atoms with Crippen molar-refractivity contribution < 1.29 is 38.1 Å². The van der Waals surface area contributed by atoms with Gasteiger partial charge in [-0.15, -0.1) is 0 Å². The molecule has 1 saturated heterocycles. The van der Waals surface area contributed by atoms with Crippen LogP contribution in [0.1, 0.15) is 50.0 Å². The van der Waals surface area contributed by atoms with E-state index in [1.54, 1.807) is 4.90 Å². The first-order valence-corrected chi connectivity index (χ1v) is 12.0. The second kappa shape index (κ2) is 9.81. The second-order valence-electron chi connectivity index (χ2n) is 10.1. The Hall–Kier alpha value is -2.60. The maximum absolute atomic E-state index is 13.1. The monoisotopic (exact) mass is 498 g/mol. The summed E-state index contributed by atoms with van der Waals surface area (Å²) in [7, 11) is 2.17. The van der Waals surface area contributed by atoms with Crippen molar-refractivity contribution in [3.63, 3.8) is 0 Å². The summed E-state index contributed by atoms with van der Waals surface area (Å²) in [5.41, 5.74) is 0.771. The summed E-state index contributed by atoms with van der Waals surface area (Å²) in [5, 5.41) is 14.8. The quantitative estimate of drug-likeness (QED) is 0.589. The molecular weight excluding hydrogens is 466 g/mol. The summed E-state index contributed by atoms with van der Waals surface area (Å²) in [6.45, 7) is 4.57. The third kappa shape index (κ3) is 5.80. The maximum atomic E-state index is 13.1. The number of carbonyl (C=O) groups excluding carboxylic acids is 1. The van der Waals surface area contributed by atoms with Crippen LogP contribution in [0.25, 0.3) is 0 Å². The first-order chi connectivity index (χ1) is 16.5. The van der Waals surface area contributed by atoms with Crippen molar-refractivity contribution in [2.75, 3.05) is 33.3 Å².